The second kappa shape index (κ2) is 6.48. The van der Waals surface area contributed by atoms with Gasteiger partial charge in [0.25, 0.3) is 0 Å². The summed E-state index contributed by atoms with van der Waals surface area (Å²) >= 11 is 0. The fraction of sp³-hybridized carbons (Fsp3) is 0.588. The Bertz CT molecular complexity index is 503. The minimum atomic E-state index is 0.00593. The Morgan fingerprint density at radius 1 is 1.33 bits per heavy atom. The molecule has 0 aliphatic heterocycles. The van der Waals surface area contributed by atoms with Crippen LogP contribution in [0.4, 0.5) is 5.69 Å². The van der Waals surface area contributed by atoms with E-state index in [-0.39, 0.29) is 5.91 Å². The van der Waals surface area contributed by atoms with E-state index in [4.69, 9.17) is 4.74 Å². The van der Waals surface area contributed by atoms with Crippen molar-refractivity contribution < 1.29 is 9.53 Å². The summed E-state index contributed by atoms with van der Waals surface area (Å²) in [5, 5.41) is 6.21. The maximum Gasteiger partial charge on any atom is 0.238 e. The molecule has 2 aliphatic carbocycles. The van der Waals surface area contributed by atoms with Crippen LogP contribution in [0.15, 0.2) is 24.3 Å². The van der Waals surface area contributed by atoms with Crippen molar-refractivity contribution in [1.29, 1.82) is 0 Å². The average Bonchev–Trinajstić information content (AvgIpc) is 3.10. The molecule has 3 unspecified atom stereocenters. The summed E-state index contributed by atoms with van der Waals surface area (Å²) in [7, 11) is 1.62. The van der Waals surface area contributed by atoms with Crippen LogP contribution in [-0.4, -0.2) is 26.1 Å². The van der Waals surface area contributed by atoms with E-state index in [1.807, 2.05) is 24.3 Å². The van der Waals surface area contributed by atoms with E-state index >= 15 is 0 Å². The summed E-state index contributed by atoms with van der Waals surface area (Å²) in [6.07, 6.45) is 5.60. The van der Waals surface area contributed by atoms with Crippen molar-refractivity contribution in [2.24, 2.45) is 17.8 Å². The predicted molar refractivity (Wildman–Crippen MR) is 83.4 cm³/mol. The van der Waals surface area contributed by atoms with Crippen molar-refractivity contribution >= 4 is 11.6 Å². The molecule has 114 valence electrons. The quantitative estimate of drug-likeness (QED) is 0.846. The molecule has 0 heterocycles. The second-order valence-electron chi connectivity index (χ2n) is 6.35. The molecule has 2 bridgehead atoms. The summed E-state index contributed by atoms with van der Waals surface area (Å²) in [5.41, 5.74) is 0.779. The second-order valence-corrected chi connectivity index (χ2v) is 6.35. The third-order valence-corrected chi connectivity index (χ3v) is 4.93. The summed E-state index contributed by atoms with van der Waals surface area (Å²) in [5.74, 6) is 3.42. The van der Waals surface area contributed by atoms with E-state index in [2.05, 4.69) is 10.6 Å². The number of nitrogens with one attached hydrogen (secondary N) is 2. The van der Waals surface area contributed by atoms with Gasteiger partial charge in [0.15, 0.2) is 0 Å². The third kappa shape index (κ3) is 3.56. The van der Waals surface area contributed by atoms with Crippen LogP contribution < -0.4 is 15.4 Å². The van der Waals surface area contributed by atoms with Gasteiger partial charge in [0, 0.05) is 11.8 Å². The van der Waals surface area contributed by atoms with Crippen LogP contribution in [0.3, 0.4) is 0 Å². The number of fused-ring (bicyclic) bond motifs is 2. The van der Waals surface area contributed by atoms with Crippen molar-refractivity contribution in [2.75, 3.05) is 25.5 Å². The van der Waals surface area contributed by atoms with Crippen LogP contribution in [0, 0.1) is 17.8 Å². The predicted octanol–water partition coefficient (Wildman–Crippen LogP) is 2.66. The Balaban J connectivity index is 1.40. The van der Waals surface area contributed by atoms with E-state index in [9.17, 15) is 4.79 Å². The van der Waals surface area contributed by atoms with Crippen LogP contribution in [0.5, 0.6) is 5.75 Å². The molecule has 2 N–H and O–H groups in total. The van der Waals surface area contributed by atoms with Gasteiger partial charge in [-0.05, 0) is 55.7 Å². The zero-order valence-electron chi connectivity index (χ0n) is 12.6. The van der Waals surface area contributed by atoms with E-state index in [0.717, 1.165) is 35.7 Å². The van der Waals surface area contributed by atoms with Gasteiger partial charge in [-0.2, -0.15) is 0 Å². The molecule has 2 saturated carbocycles. The monoisotopic (exact) mass is 288 g/mol. The number of methoxy groups -OCH3 is 1. The third-order valence-electron chi connectivity index (χ3n) is 4.93. The molecule has 4 heteroatoms. The number of rotatable bonds is 6. The van der Waals surface area contributed by atoms with Crippen LogP contribution >= 0.6 is 0 Å². The summed E-state index contributed by atoms with van der Waals surface area (Å²) in [6, 6.07) is 7.43. The average molecular weight is 288 g/mol. The van der Waals surface area contributed by atoms with Gasteiger partial charge in [0.2, 0.25) is 5.91 Å². The molecule has 2 aliphatic rings. The first-order valence-corrected chi connectivity index (χ1v) is 7.89. The van der Waals surface area contributed by atoms with Gasteiger partial charge in [-0.25, -0.2) is 0 Å². The molecule has 0 aromatic heterocycles. The minimum Gasteiger partial charge on any atom is -0.497 e. The van der Waals surface area contributed by atoms with Gasteiger partial charge in [0.1, 0.15) is 5.75 Å². The van der Waals surface area contributed by atoms with E-state index in [0.29, 0.717) is 6.54 Å². The number of benzene rings is 1. The molecule has 3 atom stereocenters. The van der Waals surface area contributed by atoms with Crippen LogP contribution in [0.25, 0.3) is 0 Å². The summed E-state index contributed by atoms with van der Waals surface area (Å²) in [6.45, 7) is 1.36. The number of anilines is 1. The lowest BCUT2D eigenvalue weighted by Crippen LogP contribution is -2.33. The SMILES string of the molecule is COc1cccc(NC(=O)CNCC2CC3CCC2C3)c1. The molecule has 21 heavy (non-hydrogen) atoms. The van der Waals surface area contributed by atoms with Crippen LogP contribution in [-0.2, 0) is 4.79 Å². The number of hydrogen-bond acceptors (Lipinski definition) is 3. The molecule has 3 rings (SSSR count). The number of carbonyl (C=O) groups excluding carboxylic acids is 1. The van der Waals surface area contributed by atoms with Gasteiger partial charge < -0.3 is 15.4 Å². The Morgan fingerprint density at radius 2 is 2.24 bits per heavy atom. The first kappa shape index (κ1) is 14.4. The Labute approximate surface area is 126 Å². The highest BCUT2D eigenvalue weighted by Crippen LogP contribution is 2.47. The Kier molecular flexibility index (Phi) is 4.44. The van der Waals surface area contributed by atoms with Gasteiger partial charge >= 0.3 is 0 Å². The van der Waals surface area contributed by atoms with Gasteiger partial charge in [0.05, 0.1) is 13.7 Å². The van der Waals surface area contributed by atoms with Crippen LogP contribution in [0.1, 0.15) is 25.7 Å². The number of hydrogen-bond donors (Lipinski definition) is 2. The molecule has 1 aromatic carbocycles. The zero-order valence-corrected chi connectivity index (χ0v) is 12.6. The maximum atomic E-state index is 11.9. The Morgan fingerprint density at radius 3 is 2.95 bits per heavy atom. The maximum absolute atomic E-state index is 11.9. The first-order valence-electron chi connectivity index (χ1n) is 7.89. The molecule has 0 radical (unpaired) electrons. The molecular formula is C17H24N2O2. The smallest absolute Gasteiger partial charge is 0.238 e. The fourth-order valence-corrected chi connectivity index (χ4v) is 3.90. The van der Waals surface area contributed by atoms with E-state index < -0.39 is 0 Å². The van der Waals surface area contributed by atoms with Crippen molar-refractivity contribution in [3.8, 4) is 5.75 Å². The molecular weight excluding hydrogens is 264 g/mol. The normalized spacial score (nSPS) is 26.8. The zero-order chi connectivity index (χ0) is 14.7. The van der Waals surface area contributed by atoms with Gasteiger partial charge in [-0.15, -0.1) is 0 Å². The van der Waals surface area contributed by atoms with Crippen molar-refractivity contribution in [3.63, 3.8) is 0 Å². The topological polar surface area (TPSA) is 50.4 Å². The highest BCUT2D eigenvalue weighted by molar-refractivity contribution is 5.92. The molecule has 4 nitrogen and oxygen atoms in total. The van der Waals surface area contributed by atoms with Crippen LogP contribution in [0.2, 0.25) is 0 Å². The van der Waals surface area contributed by atoms with Gasteiger partial charge in [-0.3, -0.25) is 4.79 Å². The lowest BCUT2D eigenvalue weighted by molar-refractivity contribution is -0.115. The number of amides is 1. The van der Waals surface area contributed by atoms with Crippen molar-refractivity contribution in [3.05, 3.63) is 24.3 Å². The van der Waals surface area contributed by atoms with E-state index in [1.165, 1.54) is 25.7 Å². The molecule has 1 amide bonds. The molecule has 0 spiro atoms. The molecule has 2 fully saturated rings. The van der Waals surface area contributed by atoms with E-state index in [1.54, 1.807) is 7.11 Å². The Hall–Kier alpha value is -1.55. The van der Waals surface area contributed by atoms with Crippen molar-refractivity contribution in [2.45, 2.75) is 25.7 Å². The highest BCUT2D eigenvalue weighted by atomic mass is 16.5. The summed E-state index contributed by atoms with van der Waals surface area (Å²) < 4.78 is 5.15. The van der Waals surface area contributed by atoms with Gasteiger partial charge in [-0.1, -0.05) is 12.5 Å². The number of carbonyl (C=O) groups is 1. The number of ether oxygens (including phenoxy) is 1. The first-order chi connectivity index (χ1) is 10.2. The minimum absolute atomic E-state index is 0.00593. The molecule has 0 saturated heterocycles. The lowest BCUT2D eigenvalue weighted by atomic mass is 9.89. The fourth-order valence-electron chi connectivity index (χ4n) is 3.90. The highest BCUT2D eigenvalue weighted by Gasteiger charge is 2.38. The van der Waals surface area contributed by atoms with Crippen molar-refractivity contribution in [1.82, 2.24) is 5.32 Å². The largest absolute Gasteiger partial charge is 0.497 e. The standard InChI is InChI=1S/C17H24N2O2/c1-21-16-4-2-3-15(9-16)19-17(20)11-18-10-14-8-12-5-6-13(14)7-12/h2-4,9,12-14,18H,5-8,10-11H2,1H3,(H,19,20). The summed E-state index contributed by atoms with van der Waals surface area (Å²) in [4.78, 5) is 11.9. The lowest BCUT2D eigenvalue weighted by Gasteiger charge is -2.21. The molecule has 1 aromatic rings.